The minimum absolute atomic E-state index is 0.250. The van der Waals surface area contributed by atoms with Gasteiger partial charge in [0.1, 0.15) is 0 Å². The van der Waals surface area contributed by atoms with Crippen LogP contribution >= 0.6 is 23.2 Å². The maximum absolute atomic E-state index is 13.1. The second-order valence-electron chi connectivity index (χ2n) is 6.42. The smallest absolute Gasteiger partial charge is 0.256 e. The van der Waals surface area contributed by atoms with Gasteiger partial charge in [-0.25, -0.2) is 4.98 Å². The van der Waals surface area contributed by atoms with E-state index in [1.54, 1.807) is 35.1 Å². The number of hydrogen-bond acceptors (Lipinski definition) is 3. The van der Waals surface area contributed by atoms with E-state index in [4.69, 9.17) is 28.2 Å². The standard InChI is InChI=1S/C21H16Cl2N4O/c1-12-16(11-24-27(12)2)20-10-15(14-5-3-4-6-19(14)26-20)21(28)25-13-7-8-17(22)18(23)9-13/h3-11H,1-2H3,(H,25,28). The van der Waals surface area contributed by atoms with Crippen molar-refractivity contribution in [2.45, 2.75) is 6.92 Å². The molecule has 140 valence electrons. The Morgan fingerprint density at radius 3 is 2.57 bits per heavy atom. The molecule has 5 nitrogen and oxygen atoms in total. The van der Waals surface area contributed by atoms with Crippen molar-refractivity contribution in [3.05, 3.63) is 76.0 Å². The van der Waals surface area contributed by atoms with Gasteiger partial charge in [-0.15, -0.1) is 0 Å². The third kappa shape index (κ3) is 3.35. The number of aromatic nitrogens is 3. The molecule has 4 rings (SSSR count). The van der Waals surface area contributed by atoms with E-state index in [0.717, 1.165) is 22.2 Å². The van der Waals surface area contributed by atoms with Gasteiger partial charge in [-0.2, -0.15) is 5.10 Å². The number of amides is 1. The minimum Gasteiger partial charge on any atom is -0.322 e. The van der Waals surface area contributed by atoms with Crippen LogP contribution < -0.4 is 5.32 Å². The van der Waals surface area contributed by atoms with E-state index in [1.807, 2.05) is 38.2 Å². The number of aryl methyl sites for hydroxylation is 1. The van der Waals surface area contributed by atoms with E-state index >= 15 is 0 Å². The van der Waals surface area contributed by atoms with E-state index in [0.29, 0.717) is 27.0 Å². The number of carbonyl (C=O) groups is 1. The van der Waals surface area contributed by atoms with E-state index in [-0.39, 0.29) is 5.91 Å². The van der Waals surface area contributed by atoms with Crippen molar-refractivity contribution < 1.29 is 4.79 Å². The van der Waals surface area contributed by atoms with Gasteiger partial charge in [0.2, 0.25) is 0 Å². The van der Waals surface area contributed by atoms with Crippen LogP contribution in [0.4, 0.5) is 5.69 Å². The maximum Gasteiger partial charge on any atom is 0.256 e. The van der Waals surface area contributed by atoms with Crippen LogP contribution in [0.15, 0.2) is 54.7 Å². The summed E-state index contributed by atoms with van der Waals surface area (Å²) in [5.74, 6) is -0.250. The highest BCUT2D eigenvalue weighted by molar-refractivity contribution is 6.42. The van der Waals surface area contributed by atoms with Crippen molar-refractivity contribution >= 4 is 45.7 Å². The van der Waals surface area contributed by atoms with Gasteiger partial charge in [0.15, 0.2) is 0 Å². The molecule has 0 saturated carbocycles. The molecule has 4 aromatic rings. The molecule has 0 atom stereocenters. The Bertz CT molecular complexity index is 1220. The summed E-state index contributed by atoms with van der Waals surface area (Å²) in [5.41, 5.74) is 4.39. The summed E-state index contributed by atoms with van der Waals surface area (Å²) in [6, 6.07) is 14.3. The van der Waals surface area contributed by atoms with E-state index in [1.165, 1.54) is 0 Å². The van der Waals surface area contributed by atoms with E-state index < -0.39 is 0 Å². The zero-order chi connectivity index (χ0) is 19.8. The first-order valence-corrected chi connectivity index (χ1v) is 9.35. The van der Waals surface area contributed by atoms with Crippen molar-refractivity contribution in [2.24, 2.45) is 7.05 Å². The Balaban J connectivity index is 1.81. The van der Waals surface area contributed by atoms with Crippen LogP contribution in [0.1, 0.15) is 16.1 Å². The number of anilines is 1. The molecule has 0 spiro atoms. The zero-order valence-electron chi connectivity index (χ0n) is 15.2. The van der Waals surface area contributed by atoms with Crippen LogP contribution in [0.5, 0.6) is 0 Å². The average Bonchev–Trinajstić information content (AvgIpc) is 3.02. The Kier molecular flexibility index (Phi) is 4.79. The van der Waals surface area contributed by atoms with Crippen molar-refractivity contribution in [2.75, 3.05) is 5.32 Å². The van der Waals surface area contributed by atoms with Gasteiger partial charge in [0.25, 0.3) is 5.91 Å². The van der Waals surface area contributed by atoms with Crippen LogP contribution in [0.25, 0.3) is 22.2 Å². The van der Waals surface area contributed by atoms with Crippen LogP contribution in [-0.4, -0.2) is 20.7 Å². The summed E-state index contributed by atoms with van der Waals surface area (Å²) in [6.07, 6.45) is 1.76. The summed E-state index contributed by atoms with van der Waals surface area (Å²) < 4.78 is 1.78. The van der Waals surface area contributed by atoms with Crippen LogP contribution in [-0.2, 0) is 7.05 Å². The molecular formula is C21H16Cl2N4O. The predicted molar refractivity (Wildman–Crippen MR) is 113 cm³/mol. The number of carbonyl (C=O) groups excluding carboxylic acids is 1. The van der Waals surface area contributed by atoms with Crippen LogP contribution in [0.2, 0.25) is 10.0 Å². The summed E-state index contributed by atoms with van der Waals surface area (Å²) in [4.78, 5) is 17.8. The number of rotatable bonds is 3. The average molecular weight is 411 g/mol. The molecule has 2 aromatic carbocycles. The lowest BCUT2D eigenvalue weighted by Gasteiger charge is -2.11. The quantitative estimate of drug-likeness (QED) is 0.484. The van der Waals surface area contributed by atoms with Crippen LogP contribution in [0, 0.1) is 6.92 Å². The van der Waals surface area contributed by atoms with Crippen molar-refractivity contribution in [1.82, 2.24) is 14.8 Å². The molecule has 0 aliphatic carbocycles. The van der Waals surface area contributed by atoms with Gasteiger partial charge in [-0.1, -0.05) is 41.4 Å². The topological polar surface area (TPSA) is 59.8 Å². The Hall–Kier alpha value is -2.89. The zero-order valence-corrected chi connectivity index (χ0v) is 16.7. The summed E-state index contributed by atoms with van der Waals surface area (Å²) >= 11 is 12.0. The summed E-state index contributed by atoms with van der Waals surface area (Å²) in [5, 5.41) is 8.75. The third-order valence-corrected chi connectivity index (χ3v) is 5.39. The number of para-hydroxylation sites is 1. The van der Waals surface area contributed by atoms with Crippen molar-refractivity contribution in [3.8, 4) is 11.3 Å². The lowest BCUT2D eigenvalue weighted by Crippen LogP contribution is -2.13. The fourth-order valence-corrected chi connectivity index (χ4v) is 3.32. The first kappa shape index (κ1) is 18.5. The number of nitrogens with one attached hydrogen (secondary N) is 1. The maximum atomic E-state index is 13.1. The normalized spacial score (nSPS) is 11.0. The fourth-order valence-electron chi connectivity index (χ4n) is 3.02. The van der Waals surface area contributed by atoms with Gasteiger partial charge in [-0.05, 0) is 37.3 Å². The number of nitrogens with zero attached hydrogens (tertiary/aromatic N) is 3. The predicted octanol–water partition coefficient (Wildman–Crippen LogP) is 5.50. The SMILES string of the molecule is Cc1c(-c2cc(C(=O)Nc3ccc(Cl)c(Cl)c3)c3ccccc3n2)cnn1C. The molecule has 0 unspecified atom stereocenters. The molecule has 0 saturated heterocycles. The Morgan fingerprint density at radius 1 is 1.07 bits per heavy atom. The Labute approximate surface area is 171 Å². The molecule has 0 radical (unpaired) electrons. The molecular weight excluding hydrogens is 395 g/mol. The molecule has 0 aliphatic heterocycles. The number of halogens is 2. The molecule has 2 aromatic heterocycles. The Morgan fingerprint density at radius 2 is 1.86 bits per heavy atom. The van der Waals surface area contributed by atoms with Crippen LogP contribution in [0.3, 0.4) is 0 Å². The fraction of sp³-hybridized carbons (Fsp3) is 0.0952. The third-order valence-electron chi connectivity index (χ3n) is 4.65. The lowest BCUT2D eigenvalue weighted by atomic mass is 10.0. The molecule has 2 heterocycles. The second kappa shape index (κ2) is 7.26. The van der Waals surface area contributed by atoms with Gasteiger partial charge in [-0.3, -0.25) is 9.48 Å². The number of fused-ring (bicyclic) bond motifs is 1. The molecule has 28 heavy (non-hydrogen) atoms. The van der Waals surface area contributed by atoms with E-state index in [9.17, 15) is 4.79 Å². The van der Waals surface area contributed by atoms with Gasteiger partial charge >= 0.3 is 0 Å². The number of benzene rings is 2. The van der Waals surface area contributed by atoms with Gasteiger partial charge in [0, 0.05) is 29.4 Å². The molecule has 0 aliphatic rings. The first-order valence-electron chi connectivity index (χ1n) is 8.59. The molecule has 0 bridgehead atoms. The van der Waals surface area contributed by atoms with Gasteiger partial charge < -0.3 is 5.32 Å². The van der Waals surface area contributed by atoms with E-state index in [2.05, 4.69) is 10.4 Å². The molecule has 1 N–H and O–H groups in total. The monoisotopic (exact) mass is 410 g/mol. The lowest BCUT2D eigenvalue weighted by molar-refractivity contribution is 0.102. The highest BCUT2D eigenvalue weighted by Gasteiger charge is 2.16. The highest BCUT2D eigenvalue weighted by Crippen LogP contribution is 2.29. The van der Waals surface area contributed by atoms with Crippen molar-refractivity contribution in [3.63, 3.8) is 0 Å². The molecule has 7 heteroatoms. The number of hydrogen-bond donors (Lipinski definition) is 1. The minimum atomic E-state index is -0.250. The van der Waals surface area contributed by atoms with Crippen molar-refractivity contribution in [1.29, 1.82) is 0 Å². The molecule has 0 fully saturated rings. The second-order valence-corrected chi connectivity index (χ2v) is 7.24. The number of pyridine rings is 1. The first-order chi connectivity index (χ1) is 13.4. The highest BCUT2D eigenvalue weighted by atomic mass is 35.5. The largest absolute Gasteiger partial charge is 0.322 e. The van der Waals surface area contributed by atoms with Gasteiger partial charge in [0.05, 0.1) is 33.0 Å². The summed E-state index contributed by atoms with van der Waals surface area (Å²) in [6.45, 7) is 1.97. The summed E-state index contributed by atoms with van der Waals surface area (Å²) in [7, 11) is 1.87. The molecule has 1 amide bonds.